The summed E-state index contributed by atoms with van der Waals surface area (Å²) in [6.07, 6.45) is 3.14. The van der Waals surface area contributed by atoms with Crippen LogP contribution in [0.2, 0.25) is 0 Å². The first-order valence-corrected chi connectivity index (χ1v) is 9.46. The first-order chi connectivity index (χ1) is 12.1. The van der Waals surface area contributed by atoms with Crippen LogP contribution in [0.4, 0.5) is 0 Å². The topological polar surface area (TPSA) is 52.7 Å². The highest BCUT2D eigenvalue weighted by atomic mass is 16.2. The number of hydrogen-bond donors (Lipinski definition) is 1. The van der Waals surface area contributed by atoms with Gasteiger partial charge in [-0.15, -0.1) is 0 Å². The van der Waals surface area contributed by atoms with Crippen molar-refractivity contribution in [1.82, 2.24) is 15.1 Å². The Balaban J connectivity index is 1.60. The summed E-state index contributed by atoms with van der Waals surface area (Å²) >= 11 is 0. The van der Waals surface area contributed by atoms with Gasteiger partial charge in [0.15, 0.2) is 0 Å². The lowest BCUT2D eigenvalue weighted by Gasteiger charge is -2.27. The maximum absolute atomic E-state index is 12.9. The van der Waals surface area contributed by atoms with Crippen LogP contribution in [0.15, 0.2) is 30.3 Å². The van der Waals surface area contributed by atoms with Gasteiger partial charge < -0.3 is 10.2 Å². The summed E-state index contributed by atoms with van der Waals surface area (Å²) in [5, 5.41) is 2.92. The Bertz CT molecular complexity index is 590. The van der Waals surface area contributed by atoms with Crippen LogP contribution in [0.25, 0.3) is 0 Å². The van der Waals surface area contributed by atoms with Crippen LogP contribution in [-0.4, -0.2) is 53.8 Å². The van der Waals surface area contributed by atoms with Crippen LogP contribution in [0.3, 0.4) is 0 Å². The molecule has 0 saturated carbocycles. The first kappa shape index (κ1) is 17.9. The molecule has 2 fully saturated rings. The molecule has 2 heterocycles. The molecule has 25 heavy (non-hydrogen) atoms. The van der Waals surface area contributed by atoms with Gasteiger partial charge in [0.05, 0.1) is 0 Å². The van der Waals surface area contributed by atoms with Gasteiger partial charge in [-0.1, -0.05) is 43.7 Å². The smallest absolute Gasteiger partial charge is 0.245 e. The van der Waals surface area contributed by atoms with Crippen molar-refractivity contribution < 1.29 is 9.59 Å². The van der Waals surface area contributed by atoms with Gasteiger partial charge in [0.1, 0.15) is 6.04 Å². The maximum atomic E-state index is 12.9. The fraction of sp³-hybridized carbons (Fsp3) is 0.600. The monoisotopic (exact) mass is 343 g/mol. The van der Waals surface area contributed by atoms with Crippen molar-refractivity contribution in [3.8, 4) is 0 Å². The molecule has 5 heteroatoms. The summed E-state index contributed by atoms with van der Waals surface area (Å²) in [7, 11) is 0. The molecule has 2 atom stereocenters. The number of amides is 2. The van der Waals surface area contributed by atoms with Gasteiger partial charge in [0, 0.05) is 39.1 Å². The van der Waals surface area contributed by atoms with E-state index in [0.717, 1.165) is 52.0 Å². The minimum absolute atomic E-state index is 0.0180. The number of carbonyl (C=O) groups excluding carboxylic acids is 2. The van der Waals surface area contributed by atoms with Crippen LogP contribution in [0.5, 0.6) is 0 Å². The predicted molar refractivity (Wildman–Crippen MR) is 97.9 cm³/mol. The van der Waals surface area contributed by atoms with E-state index in [9.17, 15) is 9.59 Å². The summed E-state index contributed by atoms with van der Waals surface area (Å²) < 4.78 is 0. The van der Waals surface area contributed by atoms with E-state index in [1.165, 1.54) is 5.56 Å². The van der Waals surface area contributed by atoms with Crippen molar-refractivity contribution in [3.05, 3.63) is 35.9 Å². The molecule has 1 aromatic rings. The summed E-state index contributed by atoms with van der Waals surface area (Å²) in [5.74, 6) is 0.546. The zero-order valence-electron chi connectivity index (χ0n) is 15.1. The van der Waals surface area contributed by atoms with Crippen molar-refractivity contribution in [2.75, 3.05) is 26.2 Å². The molecule has 2 aliphatic rings. The molecule has 2 saturated heterocycles. The van der Waals surface area contributed by atoms with Gasteiger partial charge in [-0.05, 0) is 24.3 Å². The first-order valence-electron chi connectivity index (χ1n) is 9.46. The molecule has 0 unspecified atom stereocenters. The van der Waals surface area contributed by atoms with E-state index < -0.39 is 0 Å². The second kappa shape index (κ2) is 8.48. The highest BCUT2D eigenvalue weighted by Gasteiger charge is 2.30. The van der Waals surface area contributed by atoms with E-state index >= 15 is 0 Å². The highest BCUT2D eigenvalue weighted by Crippen LogP contribution is 2.16. The highest BCUT2D eigenvalue weighted by molar-refractivity contribution is 5.88. The molecule has 2 aliphatic heterocycles. The van der Waals surface area contributed by atoms with E-state index in [1.807, 2.05) is 11.0 Å². The number of nitrogens with one attached hydrogen (secondary N) is 1. The fourth-order valence-corrected chi connectivity index (χ4v) is 3.88. The Kier molecular flexibility index (Phi) is 6.08. The SMILES string of the molecule is C[C@H]1CN(Cc2ccccc2)CCN(C(=O)[C@H]2CCCCC(=O)N2)C1. The van der Waals surface area contributed by atoms with Crippen molar-refractivity contribution >= 4 is 11.8 Å². The van der Waals surface area contributed by atoms with Gasteiger partial charge >= 0.3 is 0 Å². The fourth-order valence-electron chi connectivity index (χ4n) is 3.88. The van der Waals surface area contributed by atoms with Crippen LogP contribution >= 0.6 is 0 Å². The zero-order chi connectivity index (χ0) is 17.6. The summed E-state index contributed by atoms with van der Waals surface area (Å²) in [6, 6.07) is 10.2. The van der Waals surface area contributed by atoms with Gasteiger partial charge in [-0.2, -0.15) is 0 Å². The van der Waals surface area contributed by atoms with Gasteiger partial charge in [0.2, 0.25) is 11.8 Å². The molecule has 5 nitrogen and oxygen atoms in total. The number of benzene rings is 1. The molecule has 2 amide bonds. The van der Waals surface area contributed by atoms with Crippen molar-refractivity contribution in [1.29, 1.82) is 0 Å². The molecular weight excluding hydrogens is 314 g/mol. The van der Waals surface area contributed by atoms with Crippen LogP contribution in [0.1, 0.15) is 38.2 Å². The molecule has 0 aromatic heterocycles. The van der Waals surface area contributed by atoms with E-state index in [-0.39, 0.29) is 17.9 Å². The van der Waals surface area contributed by atoms with Crippen molar-refractivity contribution in [2.24, 2.45) is 5.92 Å². The largest absolute Gasteiger partial charge is 0.344 e. The lowest BCUT2D eigenvalue weighted by molar-refractivity contribution is -0.136. The number of hydrogen-bond acceptors (Lipinski definition) is 3. The van der Waals surface area contributed by atoms with Gasteiger partial charge in [-0.3, -0.25) is 14.5 Å². The van der Waals surface area contributed by atoms with Crippen LogP contribution in [-0.2, 0) is 16.1 Å². The summed E-state index contributed by atoms with van der Waals surface area (Å²) in [5.41, 5.74) is 1.31. The quantitative estimate of drug-likeness (QED) is 0.914. The standard InChI is InChI=1S/C20H29N3O2/c1-16-13-22(15-17-7-3-2-4-8-17)11-12-23(14-16)20(25)18-9-5-6-10-19(24)21-18/h2-4,7-8,16,18H,5-6,9-15H2,1H3,(H,21,24)/t16-,18+/m0/s1. The molecular formula is C20H29N3O2. The molecule has 0 aliphatic carbocycles. The second-order valence-electron chi connectivity index (χ2n) is 7.48. The Labute approximate surface area is 150 Å². The summed E-state index contributed by atoms with van der Waals surface area (Å²) in [6.45, 7) is 6.52. The zero-order valence-corrected chi connectivity index (χ0v) is 15.1. The maximum Gasteiger partial charge on any atom is 0.245 e. The summed E-state index contributed by atoms with van der Waals surface area (Å²) in [4.78, 5) is 29.1. The van der Waals surface area contributed by atoms with Crippen LogP contribution in [0, 0.1) is 5.92 Å². The molecule has 1 N–H and O–H groups in total. The minimum Gasteiger partial charge on any atom is -0.344 e. The van der Waals surface area contributed by atoms with Crippen molar-refractivity contribution in [3.63, 3.8) is 0 Å². The number of carbonyl (C=O) groups is 2. The average Bonchev–Trinajstić information content (AvgIpc) is 2.93. The number of nitrogens with zero attached hydrogens (tertiary/aromatic N) is 2. The van der Waals surface area contributed by atoms with E-state index in [4.69, 9.17) is 0 Å². The minimum atomic E-state index is -0.331. The van der Waals surface area contributed by atoms with E-state index in [2.05, 4.69) is 41.4 Å². The van der Waals surface area contributed by atoms with Crippen molar-refractivity contribution in [2.45, 2.75) is 45.2 Å². The molecule has 0 bridgehead atoms. The number of rotatable bonds is 3. The Morgan fingerprint density at radius 2 is 1.96 bits per heavy atom. The predicted octanol–water partition coefficient (Wildman–Crippen LogP) is 2.03. The molecule has 136 valence electrons. The Hall–Kier alpha value is -1.88. The second-order valence-corrected chi connectivity index (χ2v) is 7.48. The van der Waals surface area contributed by atoms with Gasteiger partial charge in [-0.25, -0.2) is 0 Å². The third kappa shape index (κ3) is 5.05. The molecule has 0 radical (unpaired) electrons. The lowest BCUT2D eigenvalue weighted by Crippen LogP contribution is -2.49. The Morgan fingerprint density at radius 3 is 2.76 bits per heavy atom. The lowest BCUT2D eigenvalue weighted by atomic mass is 10.1. The Morgan fingerprint density at radius 1 is 1.16 bits per heavy atom. The molecule has 1 aromatic carbocycles. The third-order valence-corrected chi connectivity index (χ3v) is 5.13. The van der Waals surface area contributed by atoms with E-state index in [1.54, 1.807) is 0 Å². The molecule has 3 rings (SSSR count). The normalized spacial score (nSPS) is 25.8. The molecule has 0 spiro atoms. The average molecular weight is 343 g/mol. The van der Waals surface area contributed by atoms with Gasteiger partial charge in [0.25, 0.3) is 0 Å². The van der Waals surface area contributed by atoms with E-state index in [0.29, 0.717) is 12.3 Å². The third-order valence-electron chi connectivity index (χ3n) is 5.13. The van der Waals surface area contributed by atoms with Crippen LogP contribution < -0.4 is 5.32 Å².